The maximum Gasteiger partial charge on any atom is 0.269 e. The number of carbonyl (C=O) groups excluding carboxylic acids is 2. The topological polar surface area (TPSA) is 114 Å². The van der Waals surface area contributed by atoms with Gasteiger partial charge in [0.2, 0.25) is 0 Å². The standard InChI is InChI=1S/C18H16Cl2N4O3/c1-10(25)16(22-13-8-7-12(9-21)14(19)15(13)20)18(27)24-23-17(26)11-5-3-2-4-6-11/h2-8,10,16,22,25H,1H3,(H,23,26)(H,24,27)/t10-,16?/m0/s1. The van der Waals surface area contributed by atoms with Crippen molar-refractivity contribution >= 4 is 40.7 Å². The lowest BCUT2D eigenvalue weighted by atomic mass is 10.1. The number of hydrogen-bond acceptors (Lipinski definition) is 5. The molecule has 0 radical (unpaired) electrons. The zero-order chi connectivity index (χ0) is 20.0. The third kappa shape index (κ3) is 5.11. The molecule has 2 aromatic rings. The van der Waals surface area contributed by atoms with Gasteiger partial charge in [0.1, 0.15) is 12.1 Å². The molecule has 0 saturated heterocycles. The summed E-state index contributed by atoms with van der Waals surface area (Å²) in [5.41, 5.74) is 5.33. The van der Waals surface area contributed by atoms with Crippen LogP contribution in [0.15, 0.2) is 42.5 Å². The SMILES string of the molecule is C[C@H](O)C(Nc1ccc(C#N)c(Cl)c1Cl)C(=O)NNC(=O)c1ccccc1. The summed E-state index contributed by atoms with van der Waals surface area (Å²) < 4.78 is 0. The number of hydrazine groups is 1. The van der Waals surface area contributed by atoms with Crippen LogP contribution in [-0.2, 0) is 4.79 Å². The number of amides is 2. The molecule has 2 aromatic carbocycles. The van der Waals surface area contributed by atoms with E-state index in [-0.39, 0.29) is 21.3 Å². The number of rotatable bonds is 5. The fourth-order valence-electron chi connectivity index (χ4n) is 2.18. The molecule has 0 aromatic heterocycles. The van der Waals surface area contributed by atoms with Gasteiger partial charge >= 0.3 is 0 Å². The average molecular weight is 407 g/mol. The quantitative estimate of drug-likeness (QED) is 0.569. The Balaban J connectivity index is 2.09. The van der Waals surface area contributed by atoms with Crippen LogP contribution < -0.4 is 16.2 Å². The molecule has 9 heteroatoms. The number of aliphatic hydroxyl groups excluding tert-OH is 1. The molecule has 0 fully saturated rings. The fourth-order valence-corrected chi connectivity index (χ4v) is 2.60. The van der Waals surface area contributed by atoms with Gasteiger partial charge in [-0.3, -0.25) is 20.4 Å². The number of hydrogen-bond donors (Lipinski definition) is 4. The van der Waals surface area contributed by atoms with Gasteiger partial charge in [-0.15, -0.1) is 0 Å². The first-order valence-corrected chi connectivity index (χ1v) is 8.58. The Labute approximate surface area is 165 Å². The van der Waals surface area contributed by atoms with Gasteiger partial charge in [0.15, 0.2) is 0 Å². The second-order valence-electron chi connectivity index (χ2n) is 5.57. The minimum absolute atomic E-state index is 0.0336. The molecule has 140 valence electrons. The van der Waals surface area contributed by atoms with Gasteiger partial charge < -0.3 is 10.4 Å². The molecular weight excluding hydrogens is 391 g/mol. The highest BCUT2D eigenvalue weighted by atomic mass is 35.5. The molecule has 0 aliphatic carbocycles. The second kappa shape index (κ2) is 9.24. The van der Waals surface area contributed by atoms with Crippen LogP contribution in [-0.4, -0.2) is 29.1 Å². The van der Waals surface area contributed by atoms with Gasteiger partial charge in [-0.1, -0.05) is 41.4 Å². The molecular formula is C18H16Cl2N4O3. The van der Waals surface area contributed by atoms with E-state index in [0.717, 1.165) is 0 Å². The van der Waals surface area contributed by atoms with Crippen LogP contribution in [0.4, 0.5) is 5.69 Å². The minimum Gasteiger partial charge on any atom is -0.391 e. The van der Waals surface area contributed by atoms with Gasteiger partial charge in [0, 0.05) is 5.56 Å². The Morgan fingerprint density at radius 3 is 2.33 bits per heavy atom. The predicted octanol–water partition coefficient (Wildman–Crippen LogP) is 2.49. The maximum absolute atomic E-state index is 12.4. The minimum atomic E-state index is -1.14. The van der Waals surface area contributed by atoms with Crippen LogP contribution in [0.5, 0.6) is 0 Å². The molecule has 0 saturated carbocycles. The van der Waals surface area contributed by atoms with Crippen molar-refractivity contribution in [2.45, 2.75) is 19.1 Å². The summed E-state index contributed by atoms with van der Waals surface area (Å²) in [6.07, 6.45) is -1.12. The first-order chi connectivity index (χ1) is 12.8. The first kappa shape index (κ1) is 20.5. The van der Waals surface area contributed by atoms with E-state index >= 15 is 0 Å². The number of halogens is 2. The molecule has 0 aliphatic heterocycles. The zero-order valence-electron chi connectivity index (χ0n) is 14.2. The van der Waals surface area contributed by atoms with Crippen LogP contribution in [0, 0.1) is 11.3 Å². The van der Waals surface area contributed by atoms with E-state index in [1.165, 1.54) is 19.1 Å². The van der Waals surface area contributed by atoms with Gasteiger partial charge in [0.05, 0.1) is 27.4 Å². The zero-order valence-corrected chi connectivity index (χ0v) is 15.7. The lowest BCUT2D eigenvalue weighted by Gasteiger charge is -2.23. The Kier molecular flexibility index (Phi) is 7.02. The number of benzene rings is 2. The van der Waals surface area contributed by atoms with Gasteiger partial charge in [-0.05, 0) is 31.2 Å². The highest BCUT2D eigenvalue weighted by Crippen LogP contribution is 2.33. The Hall–Kier alpha value is -2.79. The molecule has 0 bridgehead atoms. The smallest absolute Gasteiger partial charge is 0.269 e. The third-order valence-corrected chi connectivity index (χ3v) is 4.50. The van der Waals surface area contributed by atoms with Crippen LogP contribution in [0.1, 0.15) is 22.8 Å². The Bertz CT molecular complexity index is 882. The van der Waals surface area contributed by atoms with E-state index in [2.05, 4.69) is 16.2 Å². The second-order valence-corrected chi connectivity index (χ2v) is 6.33. The summed E-state index contributed by atoms with van der Waals surface area (Å²) in [6.45, 7) is 1.40. The monoisotopic (exact) mass is 406 g/mol. The van der Waals surface area contributed by atoms with E-state index < -0.39 is 24.0 Å². The third-order valence-electron chi connectivity index (χ3n) is 3.61. The maximum atomic E-state index is 12.4. The highest BCUT2D eigenvalue weighted by Gasteiger charge is 2.25. The van der Waals surface area contributed by atoms with E-state index in [0.29, 0.717) is 5.56 Å². The van der Waals surface area contributed by atoms with Crippen molar-refractivity contribution < 1.29 is 14.7 Å². The van der Waals surface area contributed by atoms with E-state index in [1.54, 1.807) is 30.3 Å². The number of nitrogens with zero attached hydrogens (tertiary/aromatic N) is 1. The van der Waals surface area contributed by atoms with Gasteiger partial charge in [-0.25, -0.2) is 0 Å². The number of carbonyl (C=O) groups is 2. The first-order valence-electron chi connectivity index (χ1n) is 7.83. The fraction of sp³-hybridized carbons (Fsp3) is 0.167. The van der Waals surface area contributed by atoms with Gasteiger partial charge in [0.25, 0.3) is 11.8 Å². The summed E-state index contributed by atoms with van der Waals surface area (Å²) in [5.74, 6) is -1.20. The molecule has 0 aliphatic rings. The highest BCUT2D eigenvalue weighted by molar-refractivity contribution is 6.44. The Morgan fingerprint density at radius 2 is 1.74 bits per heavy atom. The van der Waals surface area contributed by atoms with Crippen LogP contribution in [0.2, 0.25) is 10.0 Å². The largest absolute Gasteiger partial charge is 0.391 e. The number of nitriles is 1. The molecule has 27 heavy (non-hydrogen) atoms. The summed E-state index contributed by atoms with van der Waals surface area (Å²) in [5, 5.41) is 21.7. The number of anilines is 1. The van der Waals surface area contributed by atoms with Crippen LogP contribution >= 0.6 is 23.2 Å². The summed E-state index contributed by atoms with van der Waals surface area (Å²) in [4.78, 5) is 24.4. The predicted molar refractivity (Wildman–Crippen MR) is 102 cm³/mol. The van der Waals surface area contributed by atoms with Crippen molar-refractivity contribution in [2.75, 3.05) is 5.32 Å². The lowest BCUT2D eigenvalue weighted by molar-refractivity contribution is -0.124. The van der Waals surface area contributed by atoms with Gasteiger partial charge in [-0.2, -0.15) is 5.26 Å². The number of nitrogens with one attached hydrogen (secondary N) is 3. The lowest BCUT2D eigenvalue weighted by Crippen LogP contribution is -2.52. The van der Waals surface area contributed by atoms with Crippen molar-refractivity contribution in [3.8, 4) is 6.07 Å². The van der Waals surface area contributed by atoms with Crippen molar-refractivity contribution in [1.82, 2.24) is 10.9 Å². The average Bonchev–Trinajstić information content (AvgIpc) is 2.67. The van der Waals surface area contributed by atoms with E-state index in [1.807, 2.05) is 6.07 Å². The van der Waals surface area contributed by atoms with Crippen LogP contribution in [0.3, 0.4) is 0 Å². The van der Waals surface area contributed by atoms with E-state index in [4.69, 9.17) is 28.5 Å². The summed E-state index contributed by atoms with van der Waals surface area (Å²) >= 11 is 12.1. The molecule has 7 nitrogen and oxygen atoms in total. The molecule has 2 rings (SSSR count). The normalized spacial score (nSPS) is 12.4. The molecule has 2 atom stereocenters. The Morgan fingerprint density at radius 1 is 1.07 bits per heavy atom. The van der Waals surface area contributed by atoms with Crippen molar-refractivity contribution in [3.63, 3.8) is 0 Å². The molecule has 1 unspecified atom stereocenters. The van der Waals surface area contributed by atoms with Crippen molar-refractivity contribution in [1.29, 1.82) is 5.26 Å². The van der Waals surface area contributed by atoms with Crippen molar-refractivity contribution in [2.24, 2.45) is 0 Å². The van der Waals surface area contributed by atoms with Crippen molar-refractivity contribution in [3.05, 3.63) is 63.6 Å². The molecule has 0 spiro atoms. The molecule has 2 amide bonds. The van der Waals surface area contributed by atoms with Crippen LogP contribution in [0.25, 0.3) is 0 Å². The molecule has 0 heterocycles. The summed E-state index contributed by atoms with van der Waals surface area (Å²) in [7, 11) is 0. The number of aliphatic hydroxyl groups is 1. The molecule has 4 N–H and O–H groups in total. The summed E-state index contributed by atoms with van der Waals surface area (Å²) in [6, 6.07) is 12.0. The van der Waals surface area contributed by atoms with E-state index in [9.17, 15) is 14.7 Å².